The van der Waals surface area contributed by atoms with E-state index in [1.165, 1.54) is 28.9 Å². The Kier molecular flexibility index (Phi) is 2.63. The van der Waals surface area contributed by atoms with Crippen LogP contribution in [0.1, 0.15) is 10.5 Å². The number of nitrogens with zero attached hydrogens (tertiary/aromatic N) is 2. The number of nitrogens with one attached hydrogen (secondary N) is 1. The normalized spacial score (nSPS) is 20.5. The zero-order chi connectivity index (χ0) is 10.8. The molecular weight excluding hydrogens is 218 g/mol. The summed E-state index contributed by atoms with van der Waals surface area (Å²) in [5.41, 5.74) is 0.323. The van der Waals surface area contributed by atoms with Crippen LogP contribution >= 0.6 is 11.8 Å². The fraction of sp³-hybridized carbons (Fsp3) is 0.375. The fourth-order valence-electron chi connectivity index (χ4n) is 1.38. The molecule has 1 aliphatic heterocycles. The van der Waals surface area contributed by atoms with Gasteiger partial charge < -0.3 is 10.0 Å². The number of carboxylic acid groups (broad SMARTS) is 1. The molecule has 1 fully saturated rings. The molecule has 0 aromatic carbocycles. The summed E-state index contributed by atoms with van der Waals surface area (Å²) in [4.78, 5) is 24.0. The maximum atomic E-state index is 11.8. The second-order valence-corrected chi connectivity index (χ2v) is 4.10. The first-order valence-electron chi connectivity index (χ1n) is 4.31. The molecule has 0 radical (unpaired) electrons. The lowest BCUT2D eigenvalue weighted by Crippen LogP contribution is -2.41. The van der Waals surface area contributed by atoms with Crippen molar-refractivity contribution < 1.29 is 14.7 Å². The Morgan fingerprint density at radius 1 is 1.67 bits per heavy atom. The van der Waals surface area contributed by atoms with E-state index >= 15 is 0 Å². The molecule has 80 valence electrons. The van der Waals surface area contributed by atoms with Crippen LogP contribution in [-0.2, 0) is 4.79 Å². The summed E-state index contributed by atoms with van der Waals surface area (Å²) in [6, 6.07) is 0.801. The molecule has 0 aliphatic carbocycles. The number of rotatable bonds is 2. The lowest BCUT2D eigenvalue weighted by atomic mass is 10.2. The Morgan fingerprint density at radius 3 is 3.07 bits per heavy atom. The Bertz CT molecular complexity index is 378. The van der Waals surface area contributed by atoms with Gasteiger partial charge in [-0.2, -0.15) is 5.10 Å². The van der Waals surface area contributed by atoms with Gasteiger partial charge in [-0.1, -0.05) is 0 Å². The molecule has 1 aromatic rings. The van der Waals surface area contributed by atoms with E-state index in [4.69, 9.17) is 5.11 Å². The molecule has 6 nitrogen and oxygen atoms in total. The highest BCUT2D eigenvalue weighted by atomic mass is 32.2. The van der Waals surface area contributed by atoms with Crippen molar-refractivity contribution in [1.29, 1.82) is 0 Å². The minimum absolute atomic E-state index is 0.315. The van der Waals surface area contributed by atoms with Gasteiger partial charge in [-0.25, -0.2) is 4.79 Å². The van der Waals surface area contributed by atoms with Crippen molar-refractivity contribution in [2.24, 2.45) is 0 Å². The molecule has 0 unspecified atom stereocenters. The van der Waals surface area contributed by atoms with E-state index in [9.17, 15) is 9.59 Å². The van der Waals surface area contributed by atoms with Gasteiger partial charge in [0.1, 0.15) is 11.7 Å². The minimum Gasteiger partial charge on any atom is -0.480 e. The topological polar surface area (TPSA) is 86.3 Å². The van der Waals surface area contributed by atoms with Crippen molar-refractivity contribution in [2.45, 2.75) is 6.04 Å². The van der Waals surface area contributed by atoms with Gasteiger partial charge in [-0.05, 0) is 6.07 Å². The van der Waals surface area contributed by atoms with E-state index in [0.29, 0.717) is 17.3 Å². The summed E-state index contributed by atoms with van der Waals surface area (Å²) < 4.78 is 0. The van der Waals surface area contributed by atoms with Crippen LogP contribution in [0.2, 0.25) is 0 Å². The van der Waals surface area contributed by atoms with Gasteiger partial charge in [0.2, 0.25) is 0 Å². The van der Waals surface area contributed by atoms with Gasteiger partial charge in [0.05, 0.1) is 5.88 Å². The third kappa shape index (κ3) is 1.82. The monoisotopic (exact) mass is 227 g/mol. The molecule has 0 bridgehead atoms. The Morgan fingerprint density at radius 2 is 2.47 bits per heavy atom. The van der Waals surface area contributed by atoms with Crippen molar-refractivity contribution >= 4 is 23.6 Å². The third-order valence-electron chi connectivity index (χ3n) is 2.16. The molecule has 2 heterocycles. The van der Waals surface area contributed by atoms with Gasteiger partial charge >= 0.3 is 5.97 Å². The quantitative estimate of drug-likeness (QED) is 0.743. The summed E-state index contributed by atoms with van der Waals surface area (Å²) in [6.07, 6.45) is 1.46. The van der Waals surface area contributed by atoms with E-state index in [-0.39, 0.29) is 5.91 Å². The summed E-state index contributed by atoms with van der Waals surface area (Å²) in [7, 11) is 0. The van der Waals surface area contributed by atoms with Crippen LogP contribution in [0, 0.1) is 0 Å². The average molecular weight is 227 g/mol. The zero-order valence-corrected chi connectivity index (χ0v) is 8.53. The summed E-state index contributed by atoms with van der Waals surface area (Å²) >= 11 is 1.43. The van der Waals surface area contributed by atoms with Crippen LogP contribution in [0.3, 0.4) is 0 Å². The molecule has 1 aliphatic rings. The predicted molar refractivity (Wildman–Crippen MR) is 53.5 cm³/mol. The lowest BCUT2D eigenvalue weighted by Gasteiger charge is -2.19. The standard InChI is InChI=1S/C8H9N3O3S/c12-7(5-1-2-9-10-5)11-4-15-3-6(11)8(13)14/h1-2,6H,3-4H2,(H,9,10)(H,13,14)/t6-/m0/s1. The Labute approximate surface area is 89.6 Å². The number of aromatic nitrogens is 2. The van der Waals surface area contributed by atoms with Crippen molar-refractivity contribution in [2.75, 3.05) is 11.6 Å². The first-order valence-corrected chi connectivity index (χ1v) is 5.46. The Balaban J connectivity index is 2.17. The van der Waals surface area contributed by atoms with Crippen LogP contribution < -0.4 is 0 Å². The van der Waals surface area contributed by atoms with E-state index in [1.807, 2.05) is 0 Å². The lowest BCUT2D eigenvalue weighted by molar-refractivity contribution is -0.140. The predicted octanol–water partition coefficient (Wildman–Crippen LogP) is 0.00940. The first kappa shape index (κ1) is 10.0. The number of thioether (sulfide) groups is 1. The van der Waals surface area contributed by atoms with Gasteiger partial charge in [-0.15, -0.1) is 11.8 Å². The third-order valence-corrected chi connectivity index (χ3v) is 3.17. The summed E-state index contributed by atoms with van der Waals surface area (Å²) in [5, 5.41) is 15.1. The van der Waals surface area contributed by atoms with Crippen molar-refractivity contribution in [1.82, 2.24) is 15.1 Å². The van der Waals surface area contributed by atoms with Crippen molar-refractivity contribution in [3.05, 3.63) is 18.0 Å². The molecule has 1 amide bonds. The maximum Gasteiger partial charge on any atom is 0.327 e. The van der Waals surface area contributed by atoms with Crippen LogP contribution in [0.4, 0.5) is 0 Å². The van der Waals surface area contributed by atoms with Crippen LogP contribution in [0.25, 0.3) is 0 Å². The minimum atomic E-state index is -0.965. The number of hydrogen-bond donors (Lipinski definition) is 2. The SMILES string of the molecule is O=C(O)[C@@H]1CSCN1C(=O)c1ccn[nH]1. The van der Waals surface area contributed by atoms with Crippen molar-refractivity contribution in [3.8, 4) is 0 Å². The number of carboxylic acids is 1. The van der Waals surface area contributed by atoms with Gasteiger partial charge in [-0.3, -0.25) is 9.89 Å². The molecule has 2 rings (SSSR count). The van der Waals surface area contributed by atoms with E-state index in [1.54, 1.807) is 0 Å². The molecule has 2 N–H and O–H groups in total. The van der Waals surface area contributed by atoms with E-state index < -0.39 is 12.0 Å². The molecular formula is C8H9N3O3S. The number of aliphatic carboxylic acids is 1. The average Bonchev–Trinajstić information content (AvgIpc) is 2.88. The highest BCUT2D eigenvalue weighted by molar-refractivity contribution is 7.99. The zero-order valence-electron chi connectivity index (χ0n) is 7.71. The molecule has 1 atom stereocenters. The largest absolute Gasteiger partial charge is 0.480 e. The van der Waals surface area contributed by atoms with E-state index in [0.717, 1.165) is 0 Å². The highest BCUT2D eigenvalue weighted by Crippen LogP contribution is 2.22. The molecule has 15 heavy (non-hydrogen) atoms. The molecule has 0 saturated carbocycles. The number of H-pyrrole nitrogens is 1. The highest BCUT2D eigenvalue weighted by Gasteiger charge is 2.35. The smallest absolute Gasteiger partial charge is 0.327 e. The van der Waals surface area contributed by atoms with Crippen molar-refractivity contribution in [3.63, 3.8) is 0 Å². The molecule has 1 saturated heterocycles. The first-order chi connectivity index (χ1) is 7.20. The van der Waals surface area contributed by atoms with Crippen LogP contribution in [0.5, 0.6) is 0 Å². The van der Waals surface area contributed by atoms with Crippen LogP contribution in [-0.4, -0.2) is 49.8 Å². The van der Waals surface area contributed by atoms with Crippen LogP contribution in [0.15, 0.2) is 12.3 Å². The number of carbonyl (C=O) groups excluding carboxylic acids is 1. The molecule has 0 spiro atoms. The Hall–Kier alpha value is -1.50. The number of hydrogen-bond acceptors (Lipinski definition) is 4. The summed E-state index contributed by atoms with van der Waals surface area (Å²) in [6.45, 7) is 0. The summed E-state index contributed by atoms with van der Waals surface area (Å²) in [5.74, 6) is -0.429. The second-order valence-electron chi connectivity index (χ2n) is 3.10. The molecule has 7 heteroatoms. The number of aromatic amines is 1. The van der Waals surface area contributed by atoms with Gasteiger partial charge in [0.25, 0.3) is 5.91 Å². The molecule has 1 aromatic heterocycles. The van der Waals surface area contributed by atoms with E-state index in [2.05, 4.69) is 10.2 Å². The number of amides is 1. The maximum absolute atomic E-state index is 11.8. The number of carbonyl (C=O) groups is 2. The second kappa shape index (κ2) is 3.93. The van der Waals surface area contributed by atoms with Gasteiger partial charge in [0.15, 0.2) is 0 Å². The fourth-order valence-corrected chi connectivity index (χ4v) is 2.52. The van der Waals surface area contributed by atoms with Gasteiger partial charge in [0, 0.05) is 11.9 Å².